The summed E-state index contributed by atoms with van der Waals surface area (Å²) >= 11 is 0. The molecule has 0 spiro atoms. The molecular formula is C13H24N4O4. The third-order valence-corrected chi connectivity index (χ3v) is 3.11. The van der Waals surface area contributed by atoms with Gasteiger partial charge in [-0.15, -0.1) is 0 Å². The van der Waals surface area contributed by atoms with Crippen LogP contribution in [0.15, 0.2) is 0 Å². The van der Waals surface area contributed by atoms with E-state index in [4.69, 9.17) is 0 Å². The van der Waals surface area contributed by atoms with Gasteiger partial charge in [-0.2, -0.15) is 0 Å². The lowest BCUT2D eigenvalue weighted by atomic mass is 10.2. The van der Waals surface area contributed by atoms with E-state index in [-0.39, 0.29) is 37.5 Å². The molecule has 0 saturated carbocycles. The highest BCUT2D eigenvalue weighted by atomic mass is 16.2. The van der Waals surface area contributed by atoms with Gasteiger partial charge in [0.25, 0.3) is 0 Å². The van der Waals surface area contributed by atoms with Crippen molar-refractivity contribution in [3.05, 3.63) is 0 Å². The predicted octanol–water partition coefficient (Wildman–Crippen LogP) is -1.78. The number of carbonyl (C=O) groups excluding carboxylic acids is 4. The van der Waals surface area contributed by atoms with Crippen LogP contribution in [0, 0.1) is 0 Å². The Bertz CT molecular complexity index is 362. The van der Waals surface area contributed by atoms with Crippen molar-refractivity contribution in [2.45, 2.75) is 19.9 Å². The Morgan fingerprint density at radius 1 is 1.19 bits per heavy atom. The largest absolute Gasteiger partial charge is 0.358 e. The molecular weight excluding hydrogens is 276 g/mol. The Balaban J connectivity index is 4.56. The number of hydrogen-bond acceptors (Lipinski definition) is 6. The van der Waals surface area contributed by atoms with Crippen LogP contribution in [-0.2, 0) is 19.2 Å². The van der Waals surface area contributed by atoms with Crippen molar-refractivity contribution in [3.8, 4) is 0 Å². The van der Waals surface area contributed by atoms with Gasteiger partial charge in [0, 0.05) is 19.6 Å². The summed E-state index contributed by atoms with van der Waals surface area (Å²) < 4.78 is 0. The molecule has 8 heteroatoms. The average Bonchev–Trinajstić information content (AvgIpc) is 2.45. The summed E-state index contributed by atoms with van der Waals surface area (Å²) in [6.07, 6.45) is 1.10. The van der Waals surface area contributed by atoms with E-state index in [1.54, 1.807) is 4.90 Å². The highest BCUT2D eigenvalue weighted by Crippen LogP contribution is 2.01. The molecule has 21 heavy (non-hydrogen) atoms. The number of nitrogens with zero attached hydrogens (tertiary/aromatic N) is 2. The molecule has 0 fully saturated rings. The van der Waals surface area contributed by atoms with Gasteiger partial charge >= 0.3 is 0 Å². The summed E-state index contributed by atoms with van der Waals surface area (Å²) in [7, 11) is 1.54. The van der Waals surface area contributed by atoms with Crippen molar-refractivity contribution in [2.24, 2.45) is 0 Å². The van der Waals surface area contributed by atoms with Crippen LogP contribution >= 0.6 is 0 Å². The Morgan fingerprint density at radius 3 is 2.33 bits per heavy atom. The van der Waals surface area contributed by atoms with Gasteiger partial charge in [-0.3, -0.25) is 29.5 Å². The van der Waals surface area contributed by atoms with Crippen LogP contribution in [-0.4, -0.2) is 80.1 Å². The molecule has 0 aromatic heterocycles. The van der Waals surface area contributed by atoms with E-state index in [0.29, 0.717) is 19.5 Å². The summed E-state index contributed by atoms with van der Waals surface area (Å²) in [6.45, 7) is 5.26. The van der Waals surface area contributed by atoms with Gasteiger partial charge in [0.1, 0.15) is 6.29 Å². The lowest BCUT2D eigenvalue weighted by Gasteiger charge is -2.31. The lowest BCUT2D eigenvalue weighted by molar-refractivity contribution is -0.127. The summed E-state index contributed by atoms with van der Waals surface area (Å²) in [4.78, 5) is 47.3. The van der Waals surface area contributed by atoms with E-state index in [9.17, 15) is 19.2 Å². The van der Waals surface area contributed by atoms with E-state index >= 15 is 0 Å². The highest BCUT2D eigenvalue weighted by molar-refractivity contribution is 5.87. The van der Waals surface area contributed by atoms with Crippen molar-refractivity contribution in [3.63, 3.8) is 0 Å². The molecule has 0 aromatic rings. The standard InChI is InChI=1S/C13H24N4O4/c1-4-16(8-13(21)15-10-19)7-11(2)17(5-6-18)9-12(20)14-3/h6,10-11H,4-5,7-9H2,1-3H3,(H,14,20)(H,15,19,21). The fourth-order valence-corrected chi connectivity index (χ4v) is 1.87. The van der Waals surface area contributed by atoms with Gasteiger partial charge < -0.3 is 10.1 Å². The third kappa shape index (κ3) is 8.16. The summed E-state index contributed by atoms with van der Waals surface area (Å²) in [5, 5.41) is 4.60. The maximum absolute atomic E-state index is 11.4. The Labute approximate surface area is 124 Å². The summed E-state index contributed by atoms with van der Waals surface area (Å²) in [5.74, 6) is -0.558. The van der Waals surface area contributed by atoms with Crippen LogP contribution in [0.1, 0.15) is 13.8 Å². The van der Waals surface area contributed by atoms with Gasteiger partial charge in [-0.1, -0.05) is 6.92 Å². The second-order valence-corrected chi connectivity index (χ2v) is 4.63. The van der Waals surface area contributed by atoms with Crippen molar-refractivity contribution >= 4 is 24.5 Å². The third-order valence-electron chi connectivity index (χ3n) is 3.11. The van der Waals surface area contributed by atoms with E-state index in [1.807, 2.05) is 18.7 Å². The number of hydrogen-bond donors (Lipinski definition) is 2. The van der Waals surface area contributed by atoms with E-state index in [1.165, 1.54) is 7.05 Å². The minimum atomic E-state index is -0.382. The van der Waals surface area contributed by atoms with E-state index < -0.39 is 0 Å². The van der Waals surface area contributed by atoms with Crippen LogP contribution in [0.2, 0.25) is 0 Å². The maximum Gasteiger partial charge on any atom is 0.240 e. The Kier molecular flexibility index (Phi) is 9.99. The van der Waals surface area contributed by atoms with E-state index in [0.717, 1.165) is 6.29 Å². The fourth-order valence-electron chi connectivity index (χ4n) is 1.87. The molecule has 1 atom stereocenters. The number of nitrogens with one attached hydrogen (secondary N) is 2. The normalized spacial score (nSPS) is 12.0. The molecule has 0 saturated heterocycles. The first-order valence-corrected chi connectivity index (χ1v) is 6.82. The van der Waals surface area contributed by atoms with E-state index in [2.05, 4.69) is 10.6 Å². The molecule has 0 aliphatic carbocycles. The zero-order valence-corrected chi connectivity index (χ0v) is 12.8. The number of likely N-dealkylation sites (N-methyl/N-ethyl adjacent to an activating group) is 2. The van der Waals surface area contributed by atoms with Gasteiger partial charge in [0.15, 0.2) is 0 Å². The number of imide groups is 1. The van der Waals surface area contributed by atoms with Gasteiger partial charge in [-0.25, -0.2) is 0 Å². The van der Waals surface area contributed by atoms with Crippen molar-refractivity contribution in [1.82, 2.24) is 20.4 Å². The first-order valence-electron chi connectivity index (χ1n) is 6.82. The predicted molar refractivity (Wildman–Crippen MR) is 77.5 cm³/mol. The molecule has 3 amide bonds. The fraction of sp³-hybridized carbons (Fsp3) is 0.692. The Morgan fingerprint density at radius 2 is 1.86 bits per heavy atom. The molecule has 0 aliphatic heterocycles. The molecule has 0 heterocycles. The quantitative estimate of drug-likeness (QED) is 0.438. The van der Waals surface area contributed by atoms with Crippen molar-refractivity contribution in [1.29, 1.82) is 0 Å². The van der Waals surface area contributed by atoms with Crippen molar-refractivity contribution in [2.75, 3.05) is 39.8 Å². The Hall–Kier alpha value is -1.80. The van der Waals surface area contributed by atoms with Gasteiger partial charge in [0.2, 0.25) is 18.2 Å². The van der Waals surface area contributed by atoms with Crippen LogP contribution < -0.4 is 10.6 Å². The van der Waals surface area contributed by atoms with Crippen LogP contribution in [0.25, 0.3) is 0 Å². The molecule has 120 valence electrons. The lowest BCUT2D eigenvalue weighted by Crippen LogP contribution is -2.48. The second kappa shape index (κ2) is 10.9. The van der Waals surface area contributed by atoms with Crippen molar-refractivity contribution < 1.29 is 19.2 Å². The molecule has 0 rings (SSSR count). The zero-order chi connectivity index (χ0) is 16.3. The molecule has 0 aromatic carbocycles. The maximum atomic E-state index is 11.4. The monoisotopic (exact) mass is 300 g/mol. The van der Waals surface area contributed by atoms with Crippen LogP contribution in [0.3, 0.4) is 0 Å². The summed E-state index contributed by atoms with van der Waals surface area (Å²) in [5.41, 5.74) is 0. The molecule has 0 aliphatic rings. The zero-order valence-electron chi connectivity index (χ0n) is 12.8. The molecule has 0 bridgehead atoms. The topological polar surface area (TPSA) is 98.8 Å². The molecule has 0 radical (unpaired) electrons. The highest BCUT2D eigenvalue weighted by Gasteiger charge is 2.19. The van der Waals surface area contributed by atoms with Gasteiger partial charge in [-0.05, 0) is 13.5 Å². The smallest absolute Gasteiger partial charge is 0.240 e. The second-order valence-electron chi connectivity index (χ2n) is 4.63. The van der Waals surface area contributed by atoms with Crippen LogP contribution in [0.4, 0.5) is 0 Å². The number of rotatable bonds is 11. The number of aldehydes is 1. The minimum Gasteiger partial charge on any atom is -0.358 e. The average molecular weight is 300 g/mol. The number of amides is 3. The summed E-state index contributed by atoms with van der Waals surface area (Å²) in [6, 6.07) is -0.0866. The molecule has 8 nitrogen and oxygen atoms in total. The van der Waals surface area contributed by atoms with Gasteiger partial charge in [0.05, 0.1) is 19.6 Å². The first-order chi connectivity index (χ1) is 9.98. The minimum absolute atomic E-state index is 0.0866. The molecule has 1 unspecified atom stereocenters. The van der Waals surface area contributed by atoms with Crippen LogP contribution in [0.5, 0.6) is 0 Å². The SMILES string of the molecule is CCN(CC(=O)NC=O)CC(C)N(CC=O)CC(=O)NC. The number of carbonyl (C=O) groups is 4. The first kappa shape index (κ1) is 19.2. The molecule has 2 N–H and O–H groups in total.